The van der Waals surface area contributed by atoms with Gasteiger partial charge in [-0.05, 0) is 37.0 Å². The van der Waals surface area contributed by atoms with Crippen molar-refractivity contribution in [3.8, 4) is 5.75 Å². The van der Waals surface area contributed by atoms with Crippen LogP contribution in [0.1, 0.15) is 63.0 Å². The molecule has 0 unspecified atom stereocenters. The molecule has 1 aromatic rings. The zero-order chi connectivity index (χ0) is 19.5. The molecule has 0 amide bonds. The van der Waals surface area contributed by atoms with Gasteiger partial charge in [0.1, 0.15) is 5.75 Å². The molecule has 0 heterocycles. The minimum absolute atomic E-state index is 0.0600. The standard InChI is InChI=1S/C16H26O.C4H11NO4/c1-3-4-5-6-7-8-9-10-15-11-12-16(17)14(2)13-15;6-1-3-8-5-9-4-2-7/h11-13,17H,3-10H2,1-2H3;5-7H,1-4H2. The summed E-state index contributed by atoms with van der Waals surface area (Å²) in [7, 11) is 0. The number of rotatable bonds is 14. The highest BCUT2D eigenvalue weighted by atomic mass is 16.9. The summed E-state index contributed by atoms with van der Waals surface area (Å²) >= 11 is 0. The normalized spacial score (nSPS) is 10.5. The Morgan fingerprint density at radius 1 is 0.885 bits per heavy atom. The van der Waals surface area contributed by atoms with Gasteiger partial charge in [-0.2, -0.15) is 0 Å². The topological polar surface area (TPSA) is 91.2 Å². The van der Waals surface area contributed by atoms with Crippen LogP contribution in [0.25, 0.3) is 0 Å². The summed E-state index contributed by atoms with van der Waals surface area (Å²) in [6, 6.07) is 5.96. The molecule has 26 heavy (non-hydrogen) atoms. The van der Waals surface area contributed by atoms with E-state index in [1.54, 1.807) is 0 Å². The fourth-order valence-corrected chi connectivity index (χ4v) is 2.38. The second-order valence-corrected chi connectivity index (χ2v) is 6.22. The van der Waals surface area contributed by atoms with Crippen molar-refractivity contribution < 1.29 is 25.0 Å². The van der Waals surface area contributed by atoms with Gasteiger partial charge in [-0.1, -0.05) is 63.2 Å². The summed E-state index contributed by atoms with van der Waals surface area (Å²) < 4.78 is 0. The highest BCUT2D eigenvalue weighted by molar-refractivity contribution is 5.34. The highest BCUT2D eigenvalue weighted by Gasteiger charge is 1.98. The van der Waals surface area contributed by atoms with E-state index in [0.717, 1.165) is 12.0 Å². The second-order valence-electron chi connectivity index (χ2n) is 6.22. The summed E-state index contributed by atoms with van der Waals surface area (Å²) in [6.07, 6.45) is 10.6. The van der Waals surface area contributed by atoms with Crippen LogP contribution in [-0.4, -0.2) is 41.7 Å². The zero-order valence-corrected chi connectivity index (χ0v) is 16.4. The Morgan fingerprint density at radius 2 is 1.46 bits per heavy atom. The molecule has 0 aliphatic carbocycles. The quantitative estimate of drug-likeness (QED) is 0.296. The van der Waals surface area contributed by atoms with Crippen LogP contribution in [0.5, 0.6) is 5.75 Å². The highest BCUT2D eigenvalue weighted by Crippen LogP contribution is 2.18. The first-order valence-corrected chi connectivity index (χ1v) is 9.64. The fraction of sp³-hybridized carbons (Fsp3) is 0.700. The number of aliphatic hydroxyl groups excluding tert-OH is 2. The van der Waals surface area contributed by atoms with Gasteiger partial charge in [-0.15, -0.1) is 0 Å². The molecule has 4 N–H and O–H groups in total. The number of unbranched alkanes of at least 4 members (excludes halogenated alkanes) is 6. The third-order valence-electron chi connectivity index (χ3n) is 3.83. The van der Waals surface area contributed by atoms with Crippen LogP contribution in [0.15, 0.2) is 18.2 Å². The summed E-state index contributed by atoms with van der Waals surface area (Å²) in [6.45, 7) is 4.44. The van der Waals surface area contributed by atoms with Crippen molar-refractivity contribution in [2.45, 2.75) is 65.2 Å². The van der Waals surface area contributed by atoms with E-state index in [4.69, 9.17) is 10.2 Å². The summed E-state index contributed by atoms with van der Waals surface area (Å²) in [4.78, 5) is 8.90. The fourth-order valence-electron chi connectivity index (χ4n) is 2.38. The molecule has 0 radical (unpaired) electrons. The molecule has 0 bridgehead atoms. The van der Waals surface area contributed by atoms with Crippen LogP contribution in [-0.2, 0) is 16.1 Å². The number of aromatic hydroxyl groups is 1. The molecule has 0 aliphatic rings. The molecule has 152 valence electrons. The Bertz CT molecular complexity index is 423. The molecule has 0 fully saturated rings. The average molecular weight is 372 g/mol. The summed E-state index contributed by atoms with van der Waals surface area (Å²) in [5, 5.41) is 25.7. The molecule has 0 atom stereocenters. The molecular weight excluding hydrogens is 334 g/mol. The first-order chi connectivity index (χ1) is 12.7. The molecule has 1 rings (SSSR count). The van der Waals surface area contributed by atoms with E-state index in [0.29, 0.717) is 5.75 Å². The maximum atomic E-state index is 9.44. The average Bonchev–Trinajstić information content (AvgIpc) is 2.64. The maximum Gasteiger partial charge on any atom is 0.118 e. The van der Waals surface area contributed by atoms with Crippen LogP contribution in [0, 0.1) is 6.92 Å². The van der Waals surface area contributed by atoms with E-state index < -0.39 is 0 Å². The van der Waals surface area contributed by atoms with Crippen LogP contribution in [0.2, 0.25) is 0 Å². The number of benzene rings is 1. The lowest BCUT2D eigenvalue weighted by molar-refractivity contribution is -0.178. The van der Waals surface area contributed by atoms with Gasteiger partial charge in [0.2, 0.25) is 0 Å². The Hall–Kier alpha value is -1.18. The van der Waals surface area contributed by atoms with Gasteiger partial charge >= 0.3 is 0 Å². The minimum Gasteiger partial charge on any atom is -0.508 e. The number of hydrogen-bond acceptors (Lipinski definition) is 6. The Morgan fingerprint density at radius 3 is 2.00 bits per heavy atom. The largest absolute Gasteiger partial charge is 0.508 e. The lowest BCUT2D eigenvalue weighted by Gasteiger charge is -2.04. The number of phenols is 1. The molecule has 6 heteroatoms. The van der Waals surface area contributed by atoms with Crippen LogP contribution in [0.3, 0.4) is 0 Å². The van der Waals surface area contributed by atoms with Gasteiger partial charge in [0.15, 0.2) is 0 Å². The molecule has 6 nitrogen and oxygen atoms in total. The number of hydrogen-bond donors (Lipinski definition) is 4. The lowest BCUT2D eigenvalue weighted by atomic mass is 10.0. The van der Waals surface area contributed by atoms with E-state index in [2.05, 4.69) is 28.3 Å². The van der Waals surface area contributed by atoms with E-state index in [1.807, 2.05) is 19.1 Å². The van der Waals surface area contributed by atoms with E-state index in [9.17, 15) is 5.11 Å². The third-order valence-corrected chi connectivity index (χ3v) is 3.83. The Labute approximate surface area is 158 Å². The second kappa shape index (κ2) is 18.6. The molecular formula is C20H37NO5. The van der Waals surface area contributed by atoms with Gasteiger partial charge in [0, 0.05) is 0 Å². The predicted octanol–water partition coefficient (Wildman–Crippen LogP) is 3.42. The van der Waals surface area contributed by atoms with Gasteiger partial charge < -0.3 is 15.3 Å². The van der Waals surface area contributed by atoms with Crippen molar-refractivity contribution in [2.75, 3.05) is 26.4 Å². The molecule has 0 aromatic heterocycles. The number of nitrogens with one attached hydrogen (secondary N) is 1. The van der Waals surface area contributed by atoms with Crippen molar-refractivity contribution in [1.82, 2.24) is 5.64 Å². The van der Waals surface area contributed by atoms with E-state index in [1.165, 1.54) is 50.5 Å². The molecule has 0 saturated carbocycles. The van der Waals surface area contributed by atoms with E-state index >= 15 is 0 Å². The summed E-state index contributed by atoms with van der Waals surface area (Å²) in [5.74, 6) is 0.410. The Balaban J connectivity index is 0.000000590. The monoisotopic (exact) mass is 371 g/mol. The van der Waals surface area contributed by atoms with Crippen molar-refractivity contribution in [3.63, 3.8) is 0 Å². The van der Waals surface area contributed by atoms with Gasteiger partial charge in [-0.25, -0.2) is 0 Å². The predicted molar refractivity (Wildman–Crippen MR) is 104 cm³/mol. The number of aryl methyl sites for hydroxylation is 2. The van der Waals surface area contributed by atoms with Crippen molar-refractivity contribution >= 4 is 0 Å². The SMILES string of the molecule is CCCCCCCCCc1ccc(O)c(C)c1.OCCONOCCO. The molecule has 0 spiro atoms. The van der Waals surface area contributed by atoms with Crippen LogP contribution >= 0.6 is 0 Å². The number of phenolic OH excluding ortho intramolecular Hbond substituents is 1. The first kappa shape index (κ1) is 24.8. The van der Waals surface area contributed by atoms with Gasteiger partial charge in [0.05, 0.1) is 26.4 Å². The Kier molecular flexibility index (Phi) is 17.8. The third kappa shape index (κ3) is 15.1. The van der Waals surface area contributed by atoms with Crippen molar-refractivity contribution in [2.24, 2.45) is 0 Å². The molecule has 1 aromatic carbocycles. The van der Waals surface area contributed by atoms with Gasteiger partial charge in [-0.3, -0.25) is 9.68 Å². The summed E-state index contributed by atoms with van der Waals surface area (Å²) in [5.41, 5.74) is 4.41. The van der Waals surface area contributed by atoms with Crippen LogP contribution < -0.4 is 5.64 Å². The van der Waals surface area contributed by atoms with E-state index in [-0.39, 0.29) is 26.4 Å². The molecule has 0 aliphatic heterocycles. The van der Waals surface area contributed by atoms with Crippen LogP contribution in [0.4, 0.5) is 0 Å². The smallest absolute Gasteiger partial charge is 0.118 e. The minimum atomic E-state index is -0.0600. The van der Waals surface area contributed by atoms with Crippen molar-refractivity contribution in [1.29, 1.82) is 0 Å². The first-order valence-electron chi connectivity index (χ1n) is 9.64. The van der Waals surface area contributed by atoms with Gasteiger partial charge in [0.25, 0.3) is 0 Å². The number of aliphatic hydroxyl groups is 2. The zero-order valence-electron chi connectivity index (χ0n) is 16.4. The lowest BCUT2D eigenvalue weighted by Crippen LogP contribution is -2.19. The molecule has 0 saturated heterocycles. The maximum absolute atomic E-state index is 9.44. The van der Waals surface area contributed by atoms with Crippen molar-refractivity contribution in [3.05, 3.63) is 29.3 Å².